The van der Waals surface area contributed by atoms with E-state index in [9.17, 15) is 4.79 Å². The molecule has 2 nitrogen and oxygen atoms in total. The van der Waals surface area contributed by atoms with Crippen LogP contribution in [0.25, 0.3) is 0 Å². The summed E-state index contributed by atoms with van der Waals surface area (Å²) in [5, 5.41) is 2.88. The third-order valence-corrected chi connectivity index (χ3v) is 2.56. The summed E-state index contributed by atoms with van der Waals surface area (Å²) in [5.74, 6) is 0.428. The number of amides is 1. The number of nitrogens with one attached hydrogen (secondary N) is 1. The summed E-state index contributed by atoms with van der Waals surface area (Å²) in [6.07, 6.45) is 2.81. The van der Waals surface area contributed by atoms with Gasteiger partial charge in [-0.15, -0.1) is 0 Å². The smallest absolute Gasteiger partial charge is 0.241 e. The zero-order chi connectivity index (χ0) is 11.1. The topological polar surface area (TPSA) is 29.1 Å². The molecule has 0 fully saturated rings. The van der Waals surface area contributed by atoms with Crippen LogP contribution in [0.3, 0.4) is 0 Å². The molecule has 0 aromatic heterocycles. The van der Waals surface area contributed by atoms with Crippen molar-refractivity contribution in [2.75, 3.05) is 6.66 Å². The summed E-state index contributed by atoms with van der Waals surface area (Å²) in [5.41, 5.74) is 2.11. The van der Waals surface area contributed by atoms with E-state index in [4.69, 9.17) is 0 Å². The quantitative estimate of drug-likeness (QED) is 0.549. The third kappa shape index (κ3) is 5.18. The van der Waals surface area contributed by atoms with Crippen LogP contribution in [0, 0.1) is 5.92 Å². The Morgan fingerprint density at radius 1 is 1.57 bits per heavy atom. The summed E-state index contributed by atoms with van der Waals surface area (Å²) >= 11 is 0. The molecule has 80 valence electrons. The molecule has 0 saturated heterocycles. The number of carbonyl (C=O) groups excluding carboxylic acids is 1. The van der Waals surface area contributed by atoms with Crippen LogP contribution >= 0.6 is 8.58 Å². The number of hydrogen-bond donors (Lipinski definition) is 1. The molecule has 0 spiro atoms. The van der Waals surface area contributed by atoms with Gasteiger partial charge in [-0.05, 0) is 33.7 Å². The molecular formula is C11H20NOP. The maximum atomic E-state index is 11.2. The van der Waals surface area contributed by atoms with Crippen molar-refractivity contribution >= 4 is 14.2 Å². The van der Waals surface area contributed by atoms with Crippen molar-refractivity contribution < 1.29 is 4.79 Å². The van der Waals surface area contributed by atoms with Gasteiger partial charge in [0.2, 0.25) is 5.65 Å². The fraction of sp³-hybridized carbons (Fsp3) is 0.545. The first kappa shape index (κ1) is 13.4. The van der Waals surface area contributed by atoms with Crippen molar-refractivity contribution in [1.29, 1.82) is 0 Å². The molecule has 0 radical (unpaired) electrons. The minimum Gasteiger partial charge on any atom is -0.326 e. The largest absolute Gasteiger partial charge is 0.326 e. The highest BCUT2D eigenvalue weighted by Gasteiger charge is 2.02. The summed E-state index contributed by atoms with van der Waals surface area (Å²) in [7, 11) is 0.298. The van der Waals surface area contributed by atoms with E-state index >= 15 is 0 Å². The van der Waals surface area contributed by atoms with Gasteiger partial charge in [0.15, 0.2) is 0 Å². The maximum absolute atomic E-state index is 11.2. The molecule has 0 aliphatic rings. The molecule has 1 N–H and O–H groups in total. The average Bonchev–Trinajstić information content (AvgIpc) is 2.16. The second-order valence-electron chi connectivity index (χ2n) is 3.46. The molecule has 3 heteroatoms. The fourth-order valence-corrected chi connectivity index (χ4v) is 1.11. The van der Waals surface area contributed by atoms with Crippen molar-refractivity contribution in [3.05, 3.63) is 23.9 Å². The monoisotopic (exact) mass is 213 g/mol. The normalized spacial score (nSPS) is 12.5. The fourth-order valence-electron chi connectivity index (χ4n) is 0.825. The third-order valence-electron chi connectivity index (χ3n) is 1.98. The Balaban J connectivity index is 4.40. The predicted molar refractivity (Wildman–Crippen MR) is 65.1 cm³/mol. The van der Waals surface area contributed by atoms with Gasteiger partial charge in [0.25, 0.3) is 0 Å². The molecule has 0 aliphatic carbocycles. The van der Waals surface area contributed by atoms with Gasteiger partial charge in [0.05, 0.1) is 0 Å². The van der Waals surface area contributed by atoms with Gasteiger partial charge in [-0.1, -0.05) is 32.9 Å². The minimum absolute atomic E-state index is 0.0923. The lowest BCUT2D eigenvalue weighted by molar-refractivity contribution is 0.262. The molecule has 14 heavy (non-hydrogen) atoms. The van der Waals surface area contributed by atoms with E-state index in [0.717, 1.165) is 17.7 Å². The zero-order valence-electron chi connectivity index (χ0n) is 9.48. The minimum atomic E-state index is 0.0923. The lowest BCUT2D eigenvalue weighted by Crippen LogP contribution is -2.16. The molecule has 0 aromatic carbocycles. The van der Waals surface area contributed by atoms with Gasteiger partial charge >= 0.3 is 0 Å². The zero-order valence-corrected chi connectivity index (χ0v) is 10.5. The van der Waals surface area contributed by atoms with Gasteiger partial charge in [-0.2, -0.15) is 0 Å². The summed E-state index contributed by atoms with van der Waals surface area (Å²) in [6.45, 7) is 12.0. The van der Waals surface area contributed by atoms with Crippen LogP contribution in [0.1, 0.15) is 27.2 Å². The second-order valence-corrected chi connectivity index (χ2v) is 4.41. The Bertz CT molecular complexity index is 244. The highest BCUT2D eigenvalue weighted by Crippen LogP contribution is 2.13. The molecule has 0 saturated carbocycles. The molecular weight excluding hydrogens is 193 g/mol. The molecule has 1 atom stereocenters. The van der Waals surface area contributed by atoms with E-state index in [1.165, 1.54) is 0 Å². The van der Waals surface area contributed by atoms with Crippen LogP contribution in [0.5, 0.6) is 0 Å². The Morgan fingerprint density at radius 3 is 2.50 bits per heavy atom. The van der Waals surface area contributed by atoms with E-state index in [1.54, 1.807) is 0 Å². The highest BCUT2D eigenvalue weighted by atomic mass is 31.1. The summed E-state index contributed by atoms with van der Waals surface area (Å²) in [6, 6.07) is 0. The van der Waals surface area contributed by atoms with Gasteiger partial charge in [0.1, 0.15) is 0 Å². The number of rotatable bonds is 5. The van der Waals surface area contributed by atoms with E-state index in [2.05, 4.69) is 25.7 Å². The molecule has 0 aromatic rings. The van der Waals surface area contributed by atoms with Crippen LogP contribution in [0.2, 0.25) is 0 Å². The van der Waals surface area contributed by atoms with Gasteiger partial charge < -0.3 is 5.32 Å². The molecule has 1 unspecified atom stereocenters. The molecule has 0 heterocycles. The number of hydrogen-bond acceptors (Lipinski definition) is 1. The van der Waals surface area contributed by atoms with Crippen molar-refractivity contribution in [1.82, 2.24) is 5.32 Å². The number of carbonyl (C=O) groups is 1. The lowest BCUT2D eigenvalue weighted by Gasteiger charge is -2.09. The molecule has 1 amide bonds. The highest BCUT2D eigenvalue weighted by molar-refractivity contribution is 7.56. The summed E-state index contributed by atoms with van der Waals surface area (Å²) in [4.78, 5) is 11.2. The van der Waals surface area contributed by atoms with Crippen LogP contribution in [-0.4, -0.2) is 12.3 Å². The molecule has 0 bridgehead atoms. The van der Waals surface area contributed by atoms with E-state index in [-0.39, 0.29) is 5.65 Å². The van der Waals surface area contributed by atoms with E-state index in [1.807, 2.05) is 19.7 Å². The Kier molecular flexibility index (Phi) is 6.48. The van der Waals surface area contributed by atoms with Gasteiger partial charge in [-0.3, -0.25) is 4.79 Å². The predicted octanol–water partition coefficient (Wildman–Crippen LogP) is 3.51. The van der Waals surface area contributed by atoms with E-state index < -0.39 is 0 Å². The maximum Gasteiger partial charge on any atom is 0.241 e. The summed E-state index contributed by atoms with van der Waals surface area (Å²) < 4.78 is 0. The first-order chi connectivity index (χ1) is 6.51. The lowest BCUT2D eigenvalue weighted by atomic mass is 10.0. The van der Waals surface area contributed by atoms with Crippen LogP contribution in [0.15, 0.2) is 23.9 Å². The first-order valence-corrected chi connectivity index (χ1v) is 6.39. The van der Waals surface area contributed by atoms with Gasteiger partial charge in [0, 0.05) is 5.70 Å². The van der Waals surface area contributed by atoms with Crippen molar-refractivity contribution in [2.24, 2.45) is 5.92 Å². The van der Waals surface area contributed by atoms with Crippen LogP contribution in [0.4, 0.5) is 4.79 Å². The average molecular weight is 213 g/mol. The first-order valence-electron chi connectivity index (χ1n) is 4.89. The van der Waals surface area contributed by atoms with Crippen molar-refractivity contribution in [3.8, 4) is 0 Å². The Morgan fingerprint density at radius 2 is 2.14 bits per heavy atom. The molecule has 0 rings (SSSR count). The SMILES string of the molecule is C=C(/C=C(/CC)NC(=O)PC)C(C)C. The van der Waals surface area contributed by atoms with E-state index in [0.29, 0.717) is 14.5 Å². The van der Waals surface area contributed by atoms with Gasteiger partial charge in [-0.25, -0.2) is 0 Å². The molecule has 0 aliphatic heterocycles. The standard InChI is InChI=1S/C11H20NOP/c1-6-10(12-11(13)14-5)7-9(4)8(2)3/h7-8,14H,4,6H2,1-3,5H3,(H,12,13)/b10-7-. The Hall–Kier alpha value is -0.620. The van der Waals surface area contributed by atoms with Crippen molar-refractivity contribution in [3.63, 3.8) is 0 Å². The Labute approximate surface area is 88.6 Å². The number of allylic oxidation sites excluding steroid dienone is 3. The van der Waals surface area contributed by atoms with Crippen LogP contribution in [-0.2, 0) is 0 Å². The van der Waals surface area contributed by atoms with Crippen molar-refractivity contribution in [2.45, 2.75) is 27.2 Å². The van der Waals surface area contributed by atoms with Crippen LogP contribution < -0.4 is 5.32 Å². The second kappa shape index (κ2) is 6.78.